The van der Waals surface area contributed by atoms with E-state index in [1.54, 1.807) is 13.0 Å². The first-order chi connectivity index (χ1) is 12.2. The second kappa shape index (κ2) is 9.90. The summed E-state index contributed by atoms with van der Waals surface area (Å²) in [7, 11) is 0. The smallest absolute Gasteiger partial charge is 0.348 e. The number of esters is 1. The number of benzene rings is 1. The number of rotatable bonds is 5. The van der Waals surface area contributed by atoms with E-state index in [0.29, 0.717) is 5.02 Å². The van der Waals surface area contributed by atoms with Gasteiger partial charge >= 0.3 is 5.97 Å². The zero-order valence-electron chi connectivity index (χ0n) is 14.5. The number of carbonyl (C=O) groups is 1. The van der Waals surface area contributed by atoms with Crippen LogP contribution in [0.1, 0.15) is 38.2 Å². The minimum absolute atomic E-state index is 0.00290. The van der Waals surface area contributed by atoms with Crippen molar-refractivity contribution in [2.24, 2.45) is 0 Å². The van der Waals surface area contributed by atoms with E-state index < -0.39 is 5.97 Å². The average molecular weight is 359 g/mol. The van der Waals surface area contributed by atoms with Gasteiger partial charge in [-0.15, -0.1) is 0 Å². The lowest BCUT2D eigenvalue weighted by Gasteiger charge is -2.26. The molecule has 132 valence electrons. The summed E-state index contributed by atoms with van der Waals surface area (Å²) in [6.45, 7) is 3.89. The molecule has 1 fully saturated rings. The molecule has 0 aromatic heterocycles. The number of hydrogen-bond donors (Lipinski definition) is 0. The molecular weight excluding hydrogens is 336 g/mol. The summed E-state index contributed by atoms with van der Waals surface area (Å²) in [5, 5.41) is 9.90. The van der Waals surface area contributed by atoms with Crippen molar-refractivity contribution in [1.29, 1.82) is 5.26 Å². The zero-order valence-corrected chi connectivity index (χ0v) is 15.3. The molecule has 0 bridgehead atoms. The van der Waals surface area contributed by atoms with Crippen LogP contribution in [-0.2, 0) is 9.53 Å². The van der Waals surface area contributed by atoms with Crippen molar-refractivity contribution in [2.45, 2.75) is 32.6 Å². The Morgan fingerprint density at radius 3 is 2.40 bits per heavy atom. The Bertz CT molecular complexity index is 679. The first kappa shape index (κ1) is 19.1. The fourth-order valence-electron chi connectivity index (χ4n) is 2.84. The van der Waals surface area contributed by atoms with Gasteiger partial charge in [-0.3, -0.25) is 0 Å². The van der Waals surface area contributed by atoms with Crippen molar-refractivity contribution in [3.63, 3.8) is 0 Å². The summed E-state index contributed by atoms with van der Waals surface area (Å²) in [6, 6.07) is 9.54. The lowest BCUT2D eigenvalue weighted by atomic mass is 10.1. The molecule has 0 N–H and O–H groups in total. The molecule has 0 unspecified atom stereocenters. The van der Waals surface area contributed by atoms with Crippen molar-refractivity contribution in [2.75, 3.05) is 19.7 Å². The van der Waals surface area contributed by atoms with Crippen LogP contribution in [0.3, 0.4) is 0 Å². The van der Waals surface area contributed by atoms with Gasteiger partial charge in [0.25, 0.3) is 0 Å². The Hall–Kier alpha value is -2.25. The van der Waals surface area contributed by atoms with Crippen molar-refractivity contribution in [1.82, 2.24) is 4.90 Å². The third kappa shape index (κ3) is 5.65. The monoisotopic (exact) mass is 358 g/mol. The highest BCUT2D eigenvalue weighted by atomic mass is 35.5. The van der Waals surface area contributed by atoms with Crippen molar-refractivity contribution < 1.29 is 9.53 Å². The van der Waals surface area contributed by atoms with E-state index in [9.17, 15) is 10.1 Å². The van der Waals surface area contributed by atoms with Gasteiger partial charge < -0.3 is 9.64 Å². The van der Waals surface area contributed by atoms with Gasteiger partial charge in [-0.25, -0.2) is 4.79 Å². The number of nitrogens with zero attached hydrogens (tertiary/aromatic N) is 2. The number of hydrogen-bond acceptors (Lipinski definition) is 4. The van der Waals surface area contributed by atoms with Crippen LogP contribution < -0.4 is 0 Å². The molecule has 0 atom stereocenters. The maximum absolute atomic E-state index is 11.8. The average Bonchev–Trinajstić information content (AvgIpc) is 2.89. The van der Waals surface area contributed by atoms with Gasteiger partial charge in [0.05, 0.1) is 6.61 Å². The number of likely N-dealkylation sites (tertiary alicyclic amines) is 1. The fraction of sp³-hybridized carbons (Fsp3) is 0.400. The summed E-state index contributed by atoms with van der Waals surface area (Å²) in [6.07, 6.45) is 8.12. The second-order valence-corrected chi connectivity index (χ2v) is 6.31. The highest BCUT2D eigenvalue weighted by molar-refractivity contribution is 6.30. The number of ether oxygens (including phenoxy) is 1. The molecule has 5 heteroatoms. The molecule has 0 spiro atoms. The van der Waals surface area contributed by atoms with Crippen molar-refractivity contribution in [3.8, 4) is 6.07 Å². The largest absolute Gasteiger partial charge is 0.462 e. The molecule has 1 aliphatic heterocycles. The van der Waals surface area contributed by atoms with E-state index in [1.807, 2.05) is 36.4 Å². The van der Waals surface area contributed by atoms with Crippen LogP contribution in [0, 0.1) is 11.3 Å². The van der Waals surface area contributed by atoms with Gasteiger partial charge in [-0.2, -0.15) is 5.26 Å². The van der Waals surface area contributed by atoms with E-state index in [4.69, 9.17) is 16.3 Å². The normalized spacial score (nSPS) is 16.1. The molecule has 0 aliphatic carbocycles. The molecule has 4 nitrogen and oxygen atoms in total. The van der Waals surface area contributed by atoms with Crippen molar-refractivity contribution in [3.05, 3.63) is 52.6 Å². The molecule has 1 aromatic carbocycles. The van der Waals surface area contributed by atoms with Crippen LogP contribution in [0.15, 0.2) is 42.0 Å². The topological polar surface area (TPSA) is 53.3 Å². The predicted octanol–water partition coefficient (Wildman–Crippen LogP) is 4.57. The van der Waals surface area contributed by atoms with Gasteiger partial charge in [0.15, 0.2) is 0 Å². The SMILES string of the molecule is CCOC(=O)C(C#N)=CC=C(c1ccc(Cl)cc1)N1CCCCCC1. The highest BCUT2D eigenvalue weighted by Crippen LogP contribution is 2.25. The van der Waals surface area contributed by atoms with Gasteiger partial charge in [-0.1, -0.05) is 36.6 Å². The standard InChI is InChI=1S/C20H23ClN2O2/c1-2-25-20(24)17(15-22)9-12-19(16-7-10-18(21)11-8-16)23-13-5-3-4-6-14-23/h7-12H,2-6,13-14H2,1H3. The van der Waals surface area contributed by atoms with Crippen LogP contribution in [0.5, 0.6) is 0 Å². The highest BCUT2D eigenvalue weighted by Gasteiger charge is 2.15. The van der Waals surface area contributed by atoms with E-state index in [1.165, 1.54) is 12.8 Å². The fourth-order valence-corrected chi connectivity index (χ4v) is 2.96. The van der Waals surface area contributed by atoms with Gasteiger partial charge in [0, 0.05) is 23.8 Å². The van der Waals surface area contributed by atoms with Crippen LogP contribution in [-0.4, -0.2) is 30.6 Å². The Kier molecular flexibility index (Phi) is 7.56. The number of allylic oxidation sites excluding steroid dienone is 2. The van der Waals surface area contributed by atoms with E-state index in [0.717, 1.165) is 37.2 Å². The maximum atomic E-state index is 11.8. The van der Waals surface area contributed by atoms with Gasteiger partial charge in [0.1, 0.15) is 11.6 Å². The van der Waals surface area contributed by atoms with Gasteiger partial charge in [0.2, 0.25) is 0 Å². The van der Waals surface area contributed by atoms with Crippen LogP contribution in [0.2, 0.25) is 5.02 Å². The Morgan fingerprint density at radius 2 is 1.84 bits per heavy atom. The predicted molar refractivity (Wildman–Crippen MR) is 99.8 cm³/mol. The van der Waals surface area contributed by atoms with Crippen LogP contribution in [0.4, 0.5) is 0 Å². The first-order valence-electron chi connectivity index (χ1n) is 8.65. The Balaban J connectivity index is 2.37. The molecule has 1 heterocycles. The number of halogens is 1. The first-order valence-corrected chi connectivity index (χ1v) is 9.03. The maximum Gasteiger partial charge on any atom is 0.348 e. The number of nitriles is 1. The molecule has 25 heavy (non-hydrogen) atoms. The Morgan fingerprint density at radius 1 is 1.20 bits per heavy atom. The summed E-state index contributed by atoms with van der Waals surface area (Å²) in [4.78, 5) is 14.1. The summed E-state index contributed by atoms with van der Waals surface area (Å²) >= 11 is 6.01. The van der Waals surface area contributed by atoms with Crippen LogP contribution >= 0.6 is 11.6 Å². The molecule has 2 rings (SSSR count). The number of carbonyl (C=O) groups excluding carboxylic acids is 1. The van der Waals surface area contributed by atoms with Crippen molar-refractivity contribution >= 4 is 23.3 Å². The lowest BCUT2D eigenvalue weighted by molar-refractivity contribution is -0.138. The van der Waals surface area contributed by atoms with Crippen LogP contribution in [0.25, 0.3) is 5.70 Å². The minimum atomic E-state index is -0.590. The third-order valence-electron chi connectivity index (χ3n) is 4.11. The lowest BCUT2D eigenvalue weighted by Crippen LogP contribution is -2.23. The molecular formula is C20H23ClN2O2. The zero-order chi connectivity index (χ0) is 18.1. The molecule has 1 aromatic rings. The summed E-state index contributed by atoms with van der Waals surface area (Å²) in [5.41, 5.74) is 2.02. The van der Waals surface area contributed by atoms with E-state index >= 15 is 0 Å². The summed E-state index contributed by atoms with van der Waals surface area (Å²) in [5.74, 6) is -0.590. The molecule has 1 saturated heterocycles. The van der Waals surface area contributed by atoms with E-state index in [2.05, 4.69) is 4.90 Å². The minimum Gasteiger partial charge on any atom is -0.462 e. The third-order valence-corrected chi connectivity index (χ3v) is 4.36. The Labute approximate surface area is 154 Å². The molecule has 0 saturated carbocycles. The molecule has 0 amide bonds. The molecule has 0 radical (unpaired) electrons. The quantitative estimate of drug-likeness (QED) is 0.335. The van der Waals surface area contributed by atoms with Gasteiger partial charge in [-0.05, 0) is 49.6 Å². The molecule has 1 aliphatic rings. The second-order valence-electron chi connectivity index (χ2n) is 5.87. The summed E-state index contributed by atoms with van der Waals surface area (Å²) < 4.78 is 4.92. The van der Waals surface area contributed by atoms with E-state index in [-0.39, 0.29) is 12.2 Å².